The zero-order chi connectivity index (χ0) is 16.7. The van der Waals surface area contributed by atoms with Crippen LogP contribution in [-0.2, 0) is 4.74 Å². The molecule has 1 saturated heterocycles. The maximum absolute atomic E-state index is 15.1. The number of hydrogen-bond acceptors (Lipinski definition) is 6. The van der Waals surface area contributed by atoms with Crippen molar-refractivity contribution in [3.8, 4) is 11.8 Å². The predicted molar refractivity (Wildman–Crippen MR) is 71.8 cm³/mol. The Morgan fingerprint density at radius 1 is 1.64 bits per heavy atom. The first kappa shape index (κ1) is 16.4. The molecule has 1 fully saturated rings. The minimum absolute atomic E-state index is 0.516. The number of hydrogen-bond donors (Lipinski definition) is 3. The fourth-order valence-corrected chi connectivity index (χ4v) is 2.31. The van der Waals surface area contributed by atoms with E-state index in [0.717, 1.165) is 0 Å². The van der Waals surface area contributed by atoms with Crippen molar-refractivity contribution in [1.29, 1.82) is 0 Å². The SMILES string of the molecule is CC#CC1(F)[C@@H](O)[C@@H]([C@@H](C)O)O[C@H]1n1cc(F)c(N)nc1=O. The van der Waals surface area contributed by atoms with Crippen molar-refractivity contribution in [3.63, 3.8) is 0 Å². The van der Waals surface area contributed by atoms with Gasteiger partial charge in [-0.05, 0) is 13.8 Å². The highest BCUT2D eigenvalue weighted by Gasteiger charge is 2.59. The van der Waals surface area contributed by atoms with Gasteiger partial charge in [0.25, 0.3) is 0 Å². The van der Waals surface area contributed by atoms with Crippen molar-refractivity contribution in [2.45, 2.75) is 44.1 Å². The lowest BCUT2D eigenvalue weighted by molar-refractivity contribution is -0.0805. The van der Waals surface area contributed by atoms with Crippen molar-refractivity contribution < 1.29 is 23.7 Å². The van der Waals surface area contributed by atoms with E-state index < -0.39 is 47.5 Å². The maximum atomic E-state index is 15.1. The Kier molecular flexibility index (Phi) is 4.19. The van der Waals surface area contributed by atoms with Crippen LogP contribution in [-0.4, -0.2) is 43.7 Å². The first-order valence-corrected chi connectivity index (χ1v) is 6.41. The summed E-state index contributed by atoms with van der Waals surface area (Å²) < 4.78 is 34.3. The van der Waals surface area contributed by atoms with E-state index in [0.29, 0.717) is 10.8 Å². The number of halogens is 2. The largest absolute Gasteiger partial charge is 0.391 e. The molecular weight excluding hydrogens is 300 g/mol. The van der Waals surface area contributed by atoms with E-state index in [2.05, 4.69) is 16.8 Å². The number of nitrogens with two attached hydrogens (primary N) is 1. The Morgan fingerprint density at radius 3 is 2.82 bits per heavy atom. The lowest BCUT2D eigenvalue weighted by Crippen LogP contribution is -2.45. The molecule has 0 saturated carbocycles. The Hall–Kier alpha value is -2.02. The number of alkyl halides is 1. The third-order valence-corrected chi connectivity index (χ3v) is 3.37. The molecule has 22 heavy (non-hydrogen) atoms. The van der Waals surface area contributed by atoms with Crippen LogP contribution < -0.4 is 11.4 Å². The van der Waals surface area contributed by atoms with Crippen molar-refractivity contribution in [3.05, 3.63) is 22.5 Å². The zero-order valence-corrected chi connectivity index (χ0v) is 11.8. The highest BCUT2D eigenvalue weighted by Crippen LogP contribution is 2.41. The molecule has 1 aliphatic heterocycles. The highest BCUT2D eigenvalue weighted by molar-refractivity contribution is 5.28. The molecule has 1 aromatic heterocycles. The lowest BCUT2D eigenvalue weighted by atomic mass is 9.94. The number of nitrogen functional groups attached to an aromatic ring is 1. The van der Waals surface area contributed by atoms with Crippen LogP contribution in [0, 0.1) is 17.7 Å². The molecule has 2 heterocycles. The predicted octanol–water partition coefficient (Wildman–Crippen LogP) is -0.665. The van der Waals surface area contributed by atoms with Gasteiger partial charge in [-0.25, -0.2) is 13.6 Å². The molecule has 0 radical (unpaired) electrons. The Bertz CT molecular complexity index is 697. The number of aromatic nitrogens is 2. The molecule has 0 bridgehead atoms. The van der Waals surface area contributed by atoms with Gasteiger partial charge in [0.2, 0.25) is 5.67 Å². The summed E-state index contributed by atoms with van der Waals surface area (Å²) >= 11 is 0. The Balaban J connectivity index is 2.59. The van der Waals surface area contributed by atoms with Crippen molar-refractivity contribution >= 4 is 5.82 Å². The van der Waals surface area contributed by atoms with E-state index in [1.54, 1.807) is 0 Å². The highest BCUT2D eigenvalue weighted by atomic mass is 19.1. The van der Waals surface area contributed by atoms with E-state index in [9.17, 15) is 19.4 Å². The van der Waals surface area contributed by atoms with Gasteiger partial charge in [-0.2, -0.15) is 4.98 Å². The number of rotatable bonds is 2. The third kappa shape index (κ3) is 2.45. The van der Waals surface area contributed by atoms with Crippen LogP contribution in [0.25, 0.3) is 0 Å². The topological polar surface area (TPSA) is 111 Å². The van der Waals surface area contributed by atoms with Crippen LogP contribution in [0.3, 0.4) is 0 Å². The number of ether oxygens (including phenoxy) is 1. The van der Waals surface area contributed by atoms with E-state index in [1.165, 1.54) is 13.8 Å². The van der Waals surface area contributed by atoms with Gasteiger partial charge in [-0.15, -0.1) is 5.92 Å². The minimum atomic E-state index is -2.72. The zero-order valence-electron chi connectivity index (χ0n) is 11.8. The molecule has 0 aromatic carbocycles. The van der Waals surface area contributed by atoms with Crippen LogP contribution in [0.2, 0.25) is 0 Å². The quantitative estimate of drug-likeness (QED) is 0.625. The summed E-state index contributed by atoms with van der Waals surface area (Å²) in [6, 6.07) is 0. The Labute approximate surface area is 124 Å². The van der Waals surface area contributed by atoms with Crippen molar-refractivity contribution in [2.24, 2.45) is 0 Å². The maximum Gasteiger partial charge on any atom is 0.351 e. The second-order valence-electron chi connectivity index (χ2n) is 4.95. The summed E-state index contributed by atoms with van der Waals surface area (Å²) in [6.07, 6.45) is -5.57. The number of nitrogens with zero attached hydrogens (tertiary/aromatic N) is 2. The number of aliphatic hydroxyl groups excluding tert-OH is 2. The molecule has 5 atom stereocenters. The molecule has 4 N–H and O–H groups in total. The smallest absolute Gasteiger partial charge is 0.351 e. The second-order valence-corrected chi connectivity index (χ2v) is 4.95. The normalized spacial score (nSPS) is 32.4. The first-order chi connectivity index (χ1) is 10.2. The summed E-state index contributed by atoms with van der Waals surface area (Å²) in [6.45, 7) is 2.60. The fraction of sp³-hybridized carbons (Fsp3) is 0.538. The second kappa shape index (κ2) is 5.64. The first-order valence-electron chi connectivity index (χ1n) is 6.41. The van der Waals surface area contributed by atoms with E-state index in [4.69, 9.17) is 10.5 Å². The molecule has 120 valence electrons. The summed E-state index contributed by atoms with van der Waals surface area (Å²) in [5, 5.41) is 19.6. The van der Waals surface area contributed by atoms with Crippen molar-refractivity contribution in [2.75, 3.05) is 5.73 Å². The van der Waals surface area contributed by atoms with Crippen molar-refractivity contribution in [1.82, 2.24) is 9.55 Å². The monoisotopic (exact) mass is 315 g/mol. The lowest BCUT2D eigenvalue weighted by Gasteiger charge is -2.24. The molecule has 7 nitrogen and oxygen atoms in total. The summed E-state index contributed by atoms with van der Waals surface area (Å²) in [7, 11) is 0. The molecule has 9 heteroatoms. The van der Waals surface area contributed by atoms with Gasteiger partial charge in [-0.1, -0.05) is 5.92 Å². The summed E-state index contributed by atoms with van der Waals surface area (Å²) in [4.78, 5) is 15.0. The van der Waals surface area contributed by atoms with Crippen LogP contribution in [0.1, 0.15) is 20.1 Å². The van der Waals surface area contributed by atoms with Gasteiger partial charge in [0.1, 0.15) is 12.2 Å². The van der Waals surface area contributed by atoms with Crippen LogP contribution in [0.15, 0.2) is 11.0 Å². The van der Waals surface area contributed by atoms with Gasteiger partial charge < -0.3 is 20.7 Å². The Morgan fingerprint density at radius 2 is 2.27 bits per heavy atom. The molecule has 1 aliphatic rings. The van der Waals surface area contributed by atoms with Gasteiger partial charge in [0.05, 0.1) is 12.3 Å². The average Bonchev–Trinajstić information content (AvgIpc) is 2.68. The summed E-state index contributed by atoms with van der Waals surface area (Å²) in [5.41, 5.74) is 1.38. The molecule has 1 aromatic rings. The van der Waals surface area contributed by atoms with Crippen LogP contribution in [0.4, 0.5) is 14.6 Å². The molecule has 0 aliphatic carbocycles. The average molecular weight is 315 g/mol. The molecular formula is C13H15F2N3O4. The molecule has 0 spiro atoms. The molecule has 0 amide bonds. The fourth-order valence-electron chi connectivity index (χ4n) is 2.31. The molecule has 2 rings (SSSR count). The van der Waals surface area contributed by atoms with Gasteiger partial charge in [0, 0.05) is 0 Å². The standard InChI is InChI=1S/C13H15F2N3O4/c1-3-4-13(15)9(20)8(6(2)19)22-11(13)18-5-7(14)10(16)17-12(18)21/h5-6,8-9,11,19-20H,1-2H3,(H2,16,17,21)/t6-,8-,9+,11-,13?/m1/s1. The molecule has 1 unspecified atom stereocenters. The van der Waals surface area contributed by atoms with E-state index >= 15 is 4.39 Å². The van der Waals surface area contributed by atoms with Gasteiger partial charge in [-0.3, -0.25) is 4.57 Å². The van der Waals surface area contributed by atoms with Crippen LogP contribution in [0.5, 0.6) is 0 Å². The summed E-state index contributed by atoms with van der Waals surface area (Å²) in [5.74, 6) is 2.71. The van der Waals surface area contributed by atoms with Gasteiger partial charge in [0.15, 0.2) is 17.9 Å². The van der Waals surface area contributed by atoms with Crippen LogP contribution >= 0.6 is 0 Å². The number of aliphatic hydroxyl groups is 2. The third-order valence-electron chi connectivity index (χ3n) is 3.37. The van der Waals surface area contributed by atoms with E-state index in [1.807, 2.05) is 0 Å². The number of anilines is 1. The minimum Gasteiger partial charge on any atom is -0.391 e. The van der Waals surface area contributed by atoms with Gasteiger partial charge >= 0.3 is 5.69 Å². The van der Waals surface area contributed by atoms with E-state index in [-0.39, 0.29) is 0 Å².